The van der Waals surface area contributed by atoms with Crippen LogP contribution < -0.4 is 0 Å². The molecular weight excluding hydrogens is 264 g/mol. The highest BCUT2D eigenvalue weighted by atomic mass is 35.5. The molecule has 0 saturated carbocycles. The van der Waals surface area contributed by atoms with E-state index in [-0.39, 0.29) is 16.3 Å². The standard InChI is InChI=1S/C11H13ClO4S/c1-7(2)17(15,16)6-9-4-3-8(11(13)14)5-10(9)12/h3-5,7H,6H2,1-2H3,(H,13,14). The molecule has 0 heterocycles. The molecule has 0 spiro atoms. The molecule has 6 heteroatoms. The molecule has 0 atom stereocenters. The Morgan fingerprint density at radius 2 is 2.00 bits per heavy atom. The van der Waals surface area contributed by atoms with E-state index in [2.05, 4.69) is 0 Å². The summed E-state index contributed by atoms with van der Waals surface area (Å²) in [6.45, 7) is 3.18. The van der Waals surface area contributed by atoms with Crippen LogP contribution >= 0.6 is 11.6 Å². The van der Waals surface area contributed by atoms with Crippen molar-refractivity contribution >= 4 is 27.4 Å². The van der Waals surface area contributed by atoms with Crippen LogP contribution in [0.4, 0.5) is 0 Å². The molecule has 0 fully saturated rings. The largest absolute Gasteiger partial charge is 0.478 e. The molecule has 94 valence electrons. The monoisotopic (exact) mass is 276 g/mol. The number of sulfone groups is 1. The van der Waals surface area contributed by atoms with Gasteiger partial charge in [0.1, 0.15) is 0 Å². The van der Waals surface area contributed by atoms with E-state index in [1.165, 1.54) is 18.2 Å². The molecule has 17 heavy (non-hydrogen) atoms. The first-order chi connectivity index (χ1) is 7.74. The van der Waals surface area contributed by atoms with Crippen molar-refractivity contribution in [1.29, 1.82) is 0 Å². The maximum absolute atomic E-state index is 11.7. The zero-order valence-corrected chi connectivity index (χ0v) is 11.0. The van der Waals surface area contributed by atoms with Gasteiger partial charge >= 0.3 is 5.97 Å². The number of hydrogen-bond acceptors (Lipinski definition) is 3. The molecule has 0 aliphatic rings. The van der Waals surface area contributed by atoms with Crippen molar-refractivity contribution in [2.24, 2.45) is 0 Å². The Labute approximate surface area is 105 Å². The number of carboxylic acid groups (broad SMARTS) is 1. The van der Waals surface area contributed by atoms with Crippen LogP contribution in [0.3, 0.4) is 0 Å². The summed E-state index contributed by atoms with van der Waals surface area (Å²) in [5, 5.41) is 8.42. The number of benzene rings is 1. The van der Waals surface area contributed by atoms with Gasteiger partial charge in [0.05, 0.1) is 16.6 Å². The van der Waals surface area contributed by atoms with Crippen molar-refractivity contribution < 1.29 is 18.3 Å². The molecule has 0 saturated heterocycles. The van der Waals surface area contributed by atoms with Crippen LogP contribution in [-0.4, -0.2) is 24.7 Å². The highest BCUT2D eigenvalue weighted by Crippen LogP contribution is 2.21. The smallest absolute Gasteiger partial charge is 0.335 e. The number of halogens is 1. The summed E-state index contributed by atoms with van der Waals surface area (Å²) in [5.41, 5.74) is 0.464. The van der Waals surface area contributed by atoms with Gasteiger partial charge in [0, 0.05) is 5.02 Å². The molecule has 1 N–H and O–H groups in total. The average Bonchev–Trinajstić information content (AvgIpc) is 2.20. The SMILES string of the molecule is CC(C)S(=O)(=O)Cc1ccc(C(=O)O)cc1Cl. The second-order valence-corrected chi connectivity index (χ2v) is 6.93. The maximum atomic E-state index is 11.7. The molecule has 4 nitrogen and oxygen atoms in total. The maximum Gasteiger partial charge on any atom is 0.335 e. The Kier molecular flexibility index (Phi) is 4.16. The highest BCUT2D eigenvalue weighted by Gasteiger charge is 2.19. The van der Waals surface area contributed by atoms with Gasteiger partial charge in [-0.25, -0.2) is 13.2 Å². The first kappa shape index (κ1) is 14.0. The van der Waals surface area contributed by atoms with E-state index in [9.17, 15) is 13.2 Å². The van der Waals surface area contributed by atoms with Crippen LogP contribution in [0.5, 0.6) is 0 Å². The van der Waals surface area contributed by atoms with Gasteiger partial charge in [-0.2, -0.15) is 0 Å². The number of carboxylic acids is 1. The van der Waals surface area contributed by atoms with Crippen molar-refractivity contribution in [3.8, 4) is 0 Å². The molecule has 0 aromatic heterocycles. The van der Waals surface area contributed by atoms with Crippen LogP contribution in [0.2, 0.25) is 5.02 Å². The van der Waals surface area contributed by atoms with E-state index in [0.29, 0.717) is 5.56 Å². The van der Waals surface area contributed by atoms with E-state index >= 15 is 0 Å². The molecule has 0 amide bonds. The summed E-state index contributed by atoms with van der Waals surface area (Å²) in [5.74, 6) is -1.27. The molecule has 0 bridgehead atoms. The Bertz CT molecular complexity index is 534. The lowest BCUT2D eigenvalue weighted by atomic mass is 10.1. The third kappa shape index (κ3) is 3.44. The zero-order chi connectivity index (χ0) is 13.2. The average molecular weight is 277 g/mol. The van der Waals surface area contributed by atoms with E-state index < -0.39 is 21.1 Å². The normalized spacial score (nSPS) is 11.8. The molecule has 1 aromatic carbocycles. The second kappa shape index (κ2) is 5.06. The van der Waals surface area contributed by atoms with E-state index in [0.717, 1.165) is 0 Å². The van der Waals surface area contributed by atoms with Crippen LogP contribution in [0.15, 0.2) is 18.2 Å². The molecule has 1 rings (SSSR count). The second-order valence-electron chi connectivity index (χ2n) is 3.97. The Morgan fingerprint density at radius 1 is 1.41 bits per heavy atom. The summed E-state index contributed by atoms with van der Waals surface area (Å²) in [6, 6.07) is 4.04. The molecule has 0 aliphatic heterocycles. The minimum atomic E-state index is -3.24. The zero-order valence-electron chi connectivity index (χ0n) is 9.47. The van der Waals surface area contributed by atoms with Gasteiger partial charge in [-0.3, -0.25) is 0 Å². The van der Waals surface area contributed by atoms with Gasteiger partial charge in [-0.15, -0.1) is 0 Å². The van der Waals surface area contributed by atoms with E-state index in [1.54, 1.807) is 13.8 Å². The van der Waals surface area contributed by atoms with Crippen LogP contribution in [-0.2, 0) is 15.6 Å². The molecule has 0 radical (unpaired) electrons. The predicted molar refractivity (Wildman–Crippen MR) is 66.2 cm³/mol. The summed E-state index contributed by atoms with van der Waals surface area (Å²) >= 11 is 5.86. The summed E-state index contributed by atoms with van der Waals surface area (Å²) in [7, 11) is -3.24. The van der Waals surface area contributed by atoms with Crippen molar-refractivity contribution in [3.05, 3.63) is 34.3 Å². The number of hydrogen-bond donors (Lipinski definition) is 1. The summed E-state index contributed by atoms with van der Waals surface area (Å²) in [6.07, 6.45) is 0. The lowest BCUT2D eigenvalue weighted by Crippen LogP contribution is -2.16. The minimum Gasteiger partial charge on any atom is -0.478 e. The predicted octanol–water partition coefficient (Wildman–Crippen LogP) is 2.36. The third-order valence-corrected chi connectivity index (χ3v) is 4.88. The topological polar surface area (TPSA) is 71.4 Å². The van der Waals surface area contributed by atoms with E-state index in [4.69, 9.17) is 16.7 Å². The van der Waals surface area contributed by atoms with Crippen molar-refractivity contribution in [1.82, 2.24) is 0 Å². The van der Waals surface area contributed by atoms with Gasteiger partial charge in [0.15, 0.2) is 9.84 Å². The molecule has 0 unspecified atom stereocenters. The van der Waals surface area contributed by atoms with Crippen molar-refractivity contribution in [2.75, 3.05) is 0 Å². The quantitative estimate of drug-likeness (QED) is 0.916. The number of carbonyl (C=O) groups is 1. The fraction of sp³-hybridized carbons (Fsp3) is 0.364. The number of rotatable bonds is 4. The Hall–Kier alpha value is -1.07. The van der Waals surface area contributed by atoms with Crippen LogP contribution in [0.1, 0.15) is 29.8 Å². The van der Waals surface area contributed by atoms with Gasteiger partial charge in [-0.05, 0) is 31.5 Å². The first-order valence-electron chi connectivity index (χ1n) is 4.97. The van der Waals surface area contributed by atoms with Gasteiger partial charge in [0.2, 0.25) is 0 Å². The first-order valence-corrected chi connectivity index (χ1v) is 7.06. The number of aromatic carboxylic acids is 1. The highest BCUT2D eigenvalue weighted by molar-refractivity contribution is 7.91. The van der Waals surface area contributed by atoms with Gasteiger partial charge < -0.3 is 5.11 Å². The van der Waals surface area contributed by atoms with Gasteiger partial charge in [-0.1, -0.05) is 17.7 Å². The Morgan fingerprint density at radius 3 is 2.41 bits per heavy atom. The van der Waals surface area contributed by atoms with Crippen molar-refractivity contribution in [3.63, 3.8) is 0 Å². The van der Waals surface area contributed by atoms with E-state index in [1.807, 2.05) is 0 Å². The fourth-order valence-electron chi connectivity index (χ4n) is 1.18. The molecule has 0 aliphatic carbocycles. The third-order valence-electron chi connectivity index (χ3n) is 2.37. The van der Waals surface area contributed by atoms with Crippen LogP contribution in [0.25, 0.3) is 0 Å². The fourth-order valence-corrected chi connectivity index (χ4v) is 2.53. The Balaban J connectivity index is 3.06. The molecule has 1 aromatic rings. The minimum absolute atomic E-state index is 0.0423. The molecular formula is C11H13ClO4S. The summed E-state index contributed by atoms with van der Waals surface area (Å²) < 4.78 is 23.4. The summed E-state index contributed by atoms with van der Waals surface area (Å²) in [4.78, 5) is 10.7. The lowest BCUT2D eigenvalue weighted by molar-refractivity contribution is 0.0697. The van der Waals surface area contributed by atoms with Crippen molar-refractivity contribution in [2.45, 2.75) is 24.9 Å². The van der Waals surface area contributed by atoms with Gasteiger partial charge in [0.25, 0.3) is 0 Å². The van der Waals surface area contributed by atoms with Crippen LogP contribution in [0, 0.1) is 0 Å². The lowest BCUT2D eigenvalue weighted by Gasteiger charge is -2.09.